The lowest BCUT2D eigenvalue weighted by Crippen LogP contribution is -2.20. The Kier molecular flexibility index (Phi) is 7.82. The fraction of sp³-hybridized carbons (Fsp3) is 0. The van der Waals surface area contributed by atoms with Gasteiger partial charge >= 0.3 is 0 Å². The van der Waals surface area contributed by atoms with Gasteiger partial charge in [-0.3, -0.25) is 4.90 Å². The maximum absolute atomic E-state index is 6.76. The summed E-state index contributed by atoms with van der Waals surface area (Å²) in [4.78, 5) is 4.66. The number of nitrogens with zero attached hydrogens (tertiary/aromatic N) is 2. The molecule has 0 spiro atoms. The van der Waals surface area contributed by atoms with Crippen LogP contribution in [0.2, 0.25) is 0 Å². The van der Waals surface area contributed by atoms with Gasteiger partial charge in [0.25, 0.3) is 0 Å². The van der Waals surface area contributed by atoms with Gasteiger partial charge in [-0.2, -0.15) is 0 Å². The van der Waals surface area contributed by atoms with Crippen LogP contribution in [0.5, 0.6) is 23.0 Å². The van der Waals surface area contributed by atoms with Gasteiger partial charge in [-0.25, -0.2) is 0 Å². The Hall–Kier alpha value is -8.08. The number of para-hydroxylation sites is 4. The zero-order chi connectivity index (χ0) is 39.6. The van der Waals surface area contributed by atoms with Crippen LogP contribution in [0.1, 0.15) is 0 Å². The van der Waals surface area contributed by atoms with Crippen LogP contribution in [0.3, 0.4) is 0 Å². The van der Waals surface area contributed by atoms with Gasteiger partial charge < -0.3 is 14.4 Å². The summed E-state index contributed by atoms with van der Waals surface area (Å²) in [5.41, 5.74) is 12.9. The van der Waals surface area contributed by atoms with Gasteiger partial charge in [0, 0.05) is 22.3 Å². The number of benzene rings is 10. The first-order valence-electron chi connectivity index (χ1n) is 20.3. The van der Waals surface area contributed by atoms with Crippen molar-refractivity contribution in [2.45, 2.75) is 0 Å². The van der Waals surface area contributed by atoms with E-state index in [0.29, 0.717) is 0 Å². The Morgan fingerprint density at radius 2 is 0.900 bits per heavy atom. The second kappa shape index (κ2) is 13.8. The summed E-state index contributed by atoms with van der Waals surface area (Å²) in [5.74, 6) is 3.18. The molecule has 10 aromatic rings. The number of anilines is 6. The monoisotopic (exact) mass is 768 g/mol. The highest BCUT2D eigenvalue weighted by atomic mass is 16.5. The summed E-state index contributed by atoms with van der Waals surface area (Å²) in [6.07, 6.45) is 0. The molecule has 2 heterocycles. The topological polar surface area (TPSA) is 24.9 Å². The molecule has 0 unspecified atom stereocenters. The Morgan fingerprint density at radius 3 is 1.63 bits per heavy atom. The van der Waals surface area contributed by atoms with Crippen LogP contribution in [0.15, 0.2) is 218 Å². The molecule has 10 aromatic carbocycles. The zero-order valence-electron chi connectivity index (χ0n) is 32.5. The highest BCUT2D eigenvalue weighted by Gasteiger charge is 2.36. The van der Waals surface area contributed by atoms with Crippen LogP contribution in [0.25, 0.3) is 54.9 Å². The quantitative estimate of drug-likeness (QED) is 0.157. The summed E-state index contributed by atoms with van der Waals surface area (Å²) in [5, 5.41) is 4.89. The lowest BCUT2D eigenvalue weighted by atomic mass is 9.96. The third-order valence-corrected chi connectivity index (χ3v) is 11.8. The largest absolute Gasteiger partial charge is 0.453 e. The molecule has 0 atom stereocenters. The minimum Gasteiger partial charge on any atom is -0.453 e. The van der Waals surface area contributed by atoms with Crippen LogP contribution in [0, 0.1) is 0 Å². The van der Waals surface area contributed by atoms with Crippen LogP contribution in [-0.2, 0) is 0 Å². The first kappa shape index (κ1) is 34.0. The zero-order valence-corrected chi connectivity index (χ0v) is 32.5. The van der Waals surface area contributed by atoms with Crippen molar-refractivity contribution in [2.24, 2.45) is 0 Å². The van der Waals surface area contributed by atoms with Crippen molar-refractivity contribution >= 4 is 55.7 Å². The lowest BCUT2D eigenvalue weighted by Gasteiger charge is -2.38. The maximum Gasteiger partial charge on any atom is 0.163 e. The first-order chi connectivity index (χ1) is 29.7. The van der Waals surface area contributed by atoms with E-state index >= 15 is 0 Å². The Balaban J connectivity index is 0.951. The molecule has 282 valence electrons. The van der Waals surface area contributed by atoms with E-state index in [-0.39, 0.29) is 0 Å². The molecule has 0 saturated carbocycles. The average molecular weight is 769 g/mol. The molecule has 0 aromatic heterocycles. The predicted molar refractivity (Wildman–Crippen MR) is 247 cm³/mol. The van der Waals surface area contributed by atoms with Crippen molar-refractivity contribution in [3.63, 3.8) is 0 Å². The smallest absolute Gasteiger partial charge is 0.163 e. The van der Waals surface area contributed by atoms with E-state index in [2.05, 4.69) is 192 Å². The molecule has 4 nitrogen and oxygen atoms in total. The number of ether oxygens (including phenoxy) is 2. The van der Waals surface area contributed by atoms with Crippen LogP contribution < -0.4 is 19.3 Å². The molecule has 0 N–H and O–H groups in total. The summed E-state index contributed by atoms with van der Waals surface area (Å²) in [6.45, 7) is 0. The summed E-state index contributed by atoms with van der Waals surface area (Å²) in [7, 11) is 0. The van der Waals surface area contributed by atoms with Crippen LogP contribution in [-0.4, -0.2) is 0 Å². The third kappa shape index (κ3) is 5.53. The Bertz CT molecular complexity index is 3260. The van der Waals surface area contributed by atoms with Gasteiger partial charge in [0.05, 0.1) is 17.1 Å². The molecule has 60 heavy (non-hydrogen) atoms. The minimum absolute atomic E-state index is 0.771. The average Bonchev–Trinajstić information content (AvgIpc) is 3.32. The number of fused-ring (bicyclic) bond motifs is 7. The van der Waals surface area contributed by atoms with E-state index in [1.54, 1.807) is 0 Å². The van der Waals surface area contributed by atoms with Crippen LogP contribution >= 0.6 is 0 Å². The highest BCUT2D eigenvalue weighted by molar-refractivity contribution is 6.14. The van der Waals surface area contributed by atoms with Crippen molar-refractivity contribution in [1.29, 1.82) is 0 Å². The molecule has 4 heteroatoms. The molecular formula is C56H36N2O2. The molecule has 0 saturated heterocycles. The molecule has 12 rings (SSSR count). The molecule has 2 aliphatic heterocycles. The standard InChI is InChI=1S/C56H36N2O2/c1-2-13-37(14-3-1)38-25-29-43(30-26-38)57(51-36-42-15-4-5-18-45(42)47-19-6-7-20-48(47)51)44-31-27-39(28-32-44)40-16-12-17-41(35-40)46-33-34-54-55-56(46)60-53-24-11-9-22-50(53)58(55)49-21-8-10-23-52(49)59-54/h1-36H. The van der Waals surface area contributed by atoms with E-state index in [4.69, 9.17) is 9.47 Å². The van der Waals surface area contributed by atoms with E-state index < -0.39 is 0 Å². The fourth-order valence-corrected chi connectivity index (χ4v) is 8.98. The highest BCUT2D eigenvalue weighted by Crippen LogP contribution is 2.61. The number of rotatable bonds is 6. The fourth-order valence-electron chi connectivity index (χ4n) is 8.98. The van der Waals surface area contributed by atoms with E-state index in [0.717, 1.165) is 79.4 Å². The second-order valence-corrected chi connectivity index (χ2v) is 15.3. The number of hydrogen-bond acceptors (Lipinski definition) is 4. The van der Waals surface area contributed by atoms with E-state index in [1.807, 2.05) is 36.4 Å². The van der Waals surface area contributed by atoms with E-state index in [1.165, 1.54) is 32.7 Å². The lowest BCUT2D eigenvalue weighted by molar-refractivity contribution is 0.447. The summed E-state index contributed by atoms with van der Waals surface area (Å²) < 4.78 is 13.2. The molecule has 0 aliphatic carbocycles. The van der Waals surface area contributed by atoms with Gasteiger partial charge in [0.1, 0.15) is 5.69 Å². The predicted octanol–water partition coefficient (Wildman–Crippen LogP) is 16.1. The maximum atomic E-state index is 6.76. The van der Waals surface area contributed by atoms with Crippen molar-refractivity contribution < 1.29 is 9.47 Å². The van der Waals surface area contributed by atoms with Crippen molar-refractivity contribution in [3.8, 4) is 56.4 Å². The van der Waals surface area contributed by atoms with Crippen molar-refractivity contribution in [3.05, 3.63) is 218 Å². The van der Waals surface area contributed by atoms with E-state index in [9.17, 15) is 0 Å². The molecule has 0 fully saturated rings. The van der Waals surface area contributed by atoms with Gasteiger partial charge in [-0.15, -0.1) is 0 Å². The molecule has 0 radical (unpaired) electrons. The molecule has 0 bridgehead atoms. The minimum atomic E-state index is 0.771. The molecular weight excluding hydrogens is 733 g/mol. The first-order valence-corrected chi connectivity index (χ1v) is 20.3. The van der Waals surface area contributed by atoms with Gasteiger partial charge in [-0.1, -0.05) is 146 Å². The number of hydrogen-bond donors (Lipinski definition) is 0. The third-order valence-electron chi connectivity index (χ3n) is 11.8. The molecule has 0 amide bonds. The summed E-state index contributed by atoms with van der Waals surface area (Å²) in [6, 6.07) is 77.5. The van der Waals surface area contributed by atoms with Gasteiger partial charge in [0.15, 0.2) is 23.0 Å². The van der Waals surface area contributed by atoms with Gasteiger partial charge in [-0.05, 0) is 117 Å². The van der Waals surface area contributed by atoms with Crippen LogP contribution in [0.4, 0.5) is 34.1 Å². The molecule has 2 aliphatic rings. The SMILES string of the molecule is c1ccc(-c2ccc(N(c3ccc(-c4cccc(-c5ccc6c7c5Oc5ccccc5N7c5ccccc5O6)c4)cc3)c3cc4ccccc4c4ccccc34)cc2)cc1. The summed E-state index contributed by atoms with van der Waals surface area (Å²) >= 11 is 0. The Labute approximate surface area is 348 Å². The second-order valence-electron chi connectivity index (χ2n) is 15.3. The van der Waals surface area contributed by atoms with Crippen molar-refractivity contribution in [2.75, 3.05) is 9.80 Å². The van der Waals surface area contributed by atoms with Gasteiger partial charge in [0.2, 0.25) is 0 Å². The normalized spacial score (nSPS) is 12.2. The van der Waals surface area contributed by atoms with Crippen molar-refractivity contribution in [1.82, 2.24) is 0 Å². The Morgan fingerprint density at radius 1 is 0.350 bits per heavy atom.